The van der Waals surface area contributed by atoms with Crippen molar-refractivity contribution in [3.05, 3.63) is 95.0 Å². The van der Waals surface area contributed by atoms with Crippen LogP contribution in [0.4, 0.5) is 30.2 Å². The molecule has 0 fully saturated rings. The van der Waals surface area contributed by atoms with Crippen LogP contribution in [0.15, 0.2) is 83.9 Å². The van der Waals surface area contributed by atoms with Gasteiger partial charge in [-0.2, -0.15) is 18.3 Å². The maximum absolute atomic E-state index is 13.5. The van der Waals surface area contributed by atoms with Crippen molar-refractivity contribution in [2.75, 3.05) is 17.3 Å². The number of hydrogen-bond acceptors (Lipinski definition) is 4. The number of fused-ring (bicyclic) bond motifs is 2. The van der Waals surface area contributed by atoms with Crippen molar-refractivity contribution in [3.8, 4) is 0 Å². The molecule has 0 radical (unpaired) electrons. The number of anilines is 3. The maximum Gasteiger partial charge on any atom is 0.416 e. The van der Waals surface area contributed by atoms with Crippen LogP contribution in [0.3, 0.4) is 0 Å². The molecule has 188 valence electrons. The highest BCUT2D eigenvalue weighted by Crippen LogP contribution is 2.32. The van der Waals surface area contributed by atoms with Gasteiger partial charge in [0, 0.05) is 37.1 Å². The molecular formula is C27H22F3N5O2. The van der Waals surface area contributed by atoms with Gasteiger partial charge in [-0.1, -0.05) is 18.2 Å². The van der Waals surface area contributed by atoms with E-state index >= 15 is 0 Å². The summed E-state index contributed by atoms with van der Waals surface area (Å²) in [5, 5.41) is 8.79. The van der Waals surface area contributed by atoms with Gasteiger partial charge in [0.05, 0.1) is 28.4 Å². The summed E-state index contributed by atoms with van der Waals surface area (Å²) in [6.07, 6.45) is -1.26. The normalized spacial score (nSPS) is 11.7. The van der Waals surface area contributed by atoms with E-state index in [0.717, 1.165) is 28.7 Å². The summed E-state index contributed by atoms with van der Waals surface area (Å²) in [5.74, 6) is -0.617. The van der Waals surface area contributed by atoms with Gasteiger partial charge in [-0.05, 0) is 53.9 Å². The first kappa shape index (κ1) is 24.1. The van der Waals surface area contributed by atoms with Crippen molar-refractivity contribution in [3.63, 3.8) is 0 Å². The number of nitrogens with one attached hydrogen (secondary N) is 1. The van der Waals surface area contributed by atoms with Crippen LogP contribution in [-0.2, 0) is 24.6 Å². The molecule has 0 saturated heterocycles. The zero-order valence-corrected chi connectivity index (χ0v) is 20.0. The Labute approximate surface area is 209 Å². The van der Waals surface area contributed by atoms with E-state index in [9.17, 15) is 22.8 Å². The van der Waals surface area contributed by atoms with Crippen LogP contribution < -0.4 is 15.8 Å². The second-order valence-corrected chi connectivity index (χ2v) is 8.69. The summed E-state index contributed by atoms with van der Waals surface area (Å²) in [5.41, 5.74) is 1.22. The van der Waals surface area contributed by atoms with Crippen LogP contribution in [0.5, 0.6) is 0 Å². The highest BCUT2D eigenvalue weighted by Gasteiger charge is 2.30. The minimum Gasteiger partial charge on any atom is -0.344 e. The molecule has 2 heterocycles. The van der Waals surface area contributed by atoms with Crippen LogP contribution in [0, 0.1) is 0 Å². The van der Waals surface area contributed by atoms with Gasteiger partial charge in [-0.25, -0.2) is 0 Å². The Morgan fingerprint density at radius 1 is 1.03 bits per heavy atom. The van der Waals surface area contributed by atoms with E-state index in [1.54, 1.807) is 16.9 Å². The molecule has 0 saturated carbocycles. The third-order valence-corrected chi connectivity index (χ3v) is 6.25. The Morgan fingerprint density at radius 3 is 2.59 bits per heavy atom. The third-order valence-electron chi connectivity index (χ3n) is 6.25. The number of benzene rings is 3. The number of carbonyl (C=O) groups excluding carboxylic acids is 1. The standard InChI is InChI=1S/C27H22F3N5O2/c1-33(21-9-10-22-18(13-21)15-31-34(22)2)23-8-3-5-17-11-12-35(26(37)25(17)23)16-24(36)32-20-7-4-6-19(14-20)27(28,29)30/h3-15H,16H2,1-2H3,(H,32,36). The van der Waals surface area contributed by atoms with Crippen LogP contribution in [0.25, 0.3) is 21.7 Å². The largest absolute Gasteiger partial charge is 0.416 e. The third kappa shape index (κ3) is 4.65. The summed E-state index contributed by atoms with van der Waals surface area (Å²) >= 11 is 0. The summed E-state index contributed by atoms with van der Waals surface area (Å²) in [4.78, 5) is 28.0. The fourth-order valence-electron chi connectivity index (χ4n) is 4.34. The number of aryl methyl sites for hydroxylation is 1. The van der Waals surface area contributed by atoms with Crippen molar-refractivity contribution in [1.29, 1.82) is 0 Å². The van der Waals surface area contributed by atoms with Crippen LogP contribution in [0.1, 0.15) is 5.56 Å². The SMILES string of the molecule is CN(c1ccc2c(cnn2C)c1)c1cccc2ccn(CC(=O)Nc3cccc(C(F)(F)F)c3)c(=O)c12. The Hall–Kier alpha value is -4.60. The lowest BCUT2D eigenvalue weighted by atomic mass is 10.1. The molecule has 0 aliphatic heterocycles. The Balaban J connectivity index is 1.46. The minimum absolute atomic E-state index is 0.000112. The Morgan fingerprint density at radius 2 is 1.81 bits per heavy atom. The predicted molar refractivity (Wildman–Crippen MR) is 137 cm³/mol. The second-order valence-electron chi connectivity index (χ2n) is 8.69. The number of rotatable bonds is 5. The van der Waals surface area contributed by atoms with Gasteiger partial charge < -0.3 is 14.8 Å². The van der Waals surface area contributed by atoms with Crippen LogP contribution >= 0.6 is 0 Å². The minimum atomic E-state index is -4.53. The molecule has 7 nitrogen and oxygen atoms in total. The summed E-state index contributed by atoms with van der Waals surface area (Å²) in [6, 6.07) is 17.4. The quantitative estimate of drug-likeness (QED) is 0.351. The first-order valence-corrected chi connectivity index (χ1v) is 11.4. The average molecular weight is 506 g/mol. The molecule has 0 aliphatic rings. The molecule has 1 amide bonds. The number of pyridine rings is 1. The molecule has 0 aliphatic carbocycles. The summed E-state index contributed by atoms with van der Waals surface area (Å²) in [7, 11) is 3.71. The van der Waals surface area contributed by atoms with Gasteiger partial charge in [0.25, 0.3) is 5.56 Å². The molecular weight excluding hydrogens is 483 g/mol. The Bertz CT molecular complexity index is 1700. The molecule has 5 rings (SSSR count). The zero-order chi connectivity index (χ0) is 26.3. The van der Waals surface area contributed by atoms with Crippen molar-refractivity contribution >= 4 is 44.6 Å². The predicted octanol–water partition coefficient (Wildman–Crippen LogP) is 5.31. The van der Waals surface area contributed by atoms with E-state index < -0.39 is 17.6 Å². The average Bonchev–Trinajstić information content (AvgIpc) is 3.24. The maximum atomic E-state index is 13.5. The van der Waals surface area contributed by atoms with E-state index in [0.29, 0.717) is 16.5 Å². The molecule has 1 N–H and O–H groups in total. The lowest BCUT2D eigenvalue weighted by Gasteiger charge is -2.22. The van der Waals surface area contributed by atoms with E-state index in [1.165, 1.54) is 22.9 Å². The molecule has 0 unspecified atom stereocenters. The molecule has 3 aromatic carbocycles. The monoisotopic (exact) mass is 505 g/mol. The molecule has 37 heavy (non-hydrogen) atoms. The molecule has 0 bridgehead atoms. The summed E-state index contributed by atoms with van der Waals surface area (Å²) in [6.45, 7) is -0.356. The fraction of sp³-hybridized carbons (Fsp3) is 0.148. The highest BCUT2D eigenvalue weighted by molar-refractivity contribution is 5.97. The molecule has 2 aromatic heterocycles. The van der Waals surface area contributed by atoms with Crippen LogP contribution in [-0.4, -0.2) is 27.3 Å². The van der Waals surface area contributed by atoms with E-state index in [-0.39, 0.29) is 17.8 Å². The van der Waals surface area contributed by atoms with Gasteiger partial charge in [0.15, 0.2) is 0 Å². The number of amides is 1. The molecule has 5 aromatic rings. The number of hydrogen-bond donors (Lipinski definition) is 1. The van der Waals surface area contributed by atoms with Gasteiger partial charge >= 0.3 is 6.18 Å². The zero-order valence-electron chi connectivity index (χ0n) is 20.0. The summed E-state index contributed by atoms with van der Waals surface area (Å²) < 4.78 is 42.0. The van der Waals surface area contributed by atoms with Crippen LogP contribution in [0.2, 0.25) is 0 Å². The van der Waals surface area contributed by atoms with Gasteiger partial charge in [-0.15, -0.1) is 0 Å². The number of halogens is 3. The first-order chi connectivity index (χ1) is 17.6. The van der Waals surface area contributed by atoms with E-state index in [4.69, 9.17) is 0 Å². The number of aromatic nitrogens is 3. The van der Waals surface area contributed by atoms with E-state index in [2.05, 4.69) is 10.4 Å². The lowest BCUT2D eigenvalue weighted by molar-refractivity contribution is -0.137. The number of alkyl halides is 3. The molecule has 0 spiro atoms. The van der Waals surface area contributed by atoms with Crippen molar-refractivity contribution in [1.82, 2.24) is 14.3 Å². The molecule has 10 heteroatoms. The second kappa shape index (κ2) is 9.12. The smallest absolute Gasteiger partial charge is 0.344 e. The number of carbonyl (C=O) groups is 1. The van der Waals surface area contributed by atoms with Crippen molar-refractivity contribution < 1.29 is 18.0 Å². The van der Waals surface area contributed by atoms with Gasteiger partial charge in [-0.3, -0.25) is 14.3 Å². The molecule has 0 atom stereocenters. The van der Waals surface area contributed by atoms with Crippen molar-refractivity contribution in [2.45, 2.75) is 12.7 Å². The van der Waals surface area contributed by atoms with Gasteiger partial charge in [0.2, 0.25) is 5.91 Å². The number of nitrogens with zero attached hydrogens (tertiary/aromatic N) is 4. The topological polar surface area (TPSA) is 72.2 Å². The fourth-order valence-corrected chi connectivity index (χ4v) is 4.34. The lowest BCUT2D eigenvalue weighted by Crippen LogP contribution is -2.28. The Kier molecular flexibility index (Phi) is 5.94. The van der Waals surface area contributed by atoms with Crippen molar-refractivity contribution in [2.24, 2.45) is 7.05 Å². The highest BCUT2D eigenvalue weighted by atomic mass is 19.4. The van der Waals surface area contributed by atoms with Gasteiger partial charge in [0.1, 0.15) is 6.54 Å². The first-order valence-electron chi connectivity index (χ1n) is 11.4. The van der Waals surface area contributed by atoms with E-state index in [1.807, 2.05) is 55.4 Å².